The van der Waals surface area contributed by atoms with Crippen LogP contribution in [0.15, 0.2) is 84.1 Å². The molecule has 0 aliphatic carbocycles. The minimum absolute atomic E-state index is 0.852. The number of hydrogen-bond acceptors (Lipinski definition) is 5. The highest BCUT2D eigenvalue weighted by molar-refractivity contribution is 7.80. The summed E-state index contributed by atoms with van der Waals surface area (Å²) in [6.07, 6.45) is 5.91. The van der Waals surface area contributed by atoms with Gasteiger partial charge in [-0.1, -0.05) is 42.5 Å². The van der Waals surface area contributed by atoms with Crippen LogP contribution in [0.2, 0.25) is 0 Å². The Kier molecular flexibility index (Phi) is 5.04. The smallest absolute Gasteiger partial charge is 0.162 e. The number of likely N-dealkylation sites (N-methyl/N-ethyl adjacent to an activating group) is 1. The van der Waals surface area contributed by atoms with Gasteiger partial charge in [-0.2, -0.15) is 5.10 Å². The molecule has 6 heteroatoms. The van der Waals surface area contributed by atoms with E-state index in [1.165, 1.54) is 5.69 Å². The first-order valence-electron chi connectivity index (χ1n) is 11.3. The Morgan fingerprint density at radius 1 is 0.758 bits per heavy atom. The van der Waals surface area contributed by atoms with E-state index >= 15 is 0 Å². The first-order chi connectivity index (χ1) is 16.2. The van der Waals surface area contributed by atoms with Crippen molar-refractivity contribution in [2.75, 3.05) is 38.1 Å². The topological polar surface area (TPSA) is 36.7 Å². The zero-order valence-electron chi connectivity index (χ0n) is 18.5. The van der Waals surface area contributed by atoms with Gasteiger partial charge in [-0.3, -0.25) is 0 Å². The van der Waals surface area contributed by atoms with Crippen LogP contribution in [-0.2, 0) is 0 Å². The molecular formula is C27H25N5S. The molecule has 1 fully saturated rings. The second kappa shape index (κ2) is 8.21. The summed E-state index contributed by atoms with van der Waals surface area (Å²) in [7, 11) is 2.18. The van der Waals surface area contributed by atoms with E-state index < -0.39 is 0 Å². The summed E-state index contributed by atoms with van der Waals surface area (Å²) in [5.41, 5.74) is 6.47. The van der Waals surface area contributed by atoms with Crippen LogP contribution < -0.4 is 4.90 Å². The lowest BCUT2D eigenvalue weighted by atomic mass is 10.00. The SMILES string of the molecule is CN1CCN(c2ccc(-c3cnc4c(-c5ccc(S)c6ccccc56)cnn4c3)cc2)CC1. The van der Waals surface area contributed by atoms with Gasteiger partial charge in [-0.05, 0) is 47.1 Å². The van der Waals surface area contributed by atoms with Crippen LogP contribution in [0, 0.1) is 0 Å². The van der Waals surface area contributed by atoms with Gasteiger partial charge in [0.25, 0.3) is 0 Å². The van der Waals surface area contributed by atoms with E-state index in [4.69, 9.17) is 4.98 Å². The number of aromatic nitrogens is 3. The van der Waals surface area contributed by atoms with E-state index in [-0.39, 0.29) is 0 Å². The van der Waals surface area contributed by atoms with Crippen molar-refractivity contribution < 1.29 is 0 Å². The fourth-order valence-corrected chi connectivity index (χ4v) is 4.93. The average Bonchev–Trinajstić information content (AvgIpc) is 3.28. The molecule has 6 rings (SSSR count). The van der Waals surface area contributed by atoms with Crippen LogP contribution in [0.25, 0.3) is 38.7 Å². The van der Waals surface area contributed by atoms with E-state index in [0.29, 0.717) is 0 Å². The van der Waals surface area contributed by atoms with Crippen molar-refractivity contribution in [1.29, 1.82) is 0 Å². The number of thiol groups is 1. The lowest BCUT2D eigenvalue weighted by Gasteiger charge is -2.34. The number of nitrogens with zero attached hydrogens (tertiary/aromatic N) is 5. The van der Waals surface area contributed by atoms with Crippen molar-refractivity contribution in [3.8, 4) is 22.3 Å². The molecule has 5 aromatic rings. The molecule has 33 heavy (non-hydrogen) atoms. The van der Waals surface area contributed by atoms with E-state index in [1.54, 1.807) is 0 Å². The summed E-state index contributed by atoms with van der Waals surface area (Å²) in [5, 5.41) is 6.92. The molecule has 3 aromatic carbocycles. The molecule has 0 spiro atoms. The summed E-state index contributed by atoms with van der Waals surface area (Å²) < 4.78 is 1.88. The standard InChI is InChI=1S/C27H25N5S/c1-30-12-14-31(15-13-30)21-8-6-19(7-9-21)20-16-28-27-25(17-29-32(27)18-20)23-10-11-26(33)24-5-3-2-4-22(23)24/h2-11,16-18,33H,12-15H2,1H3. The summed E-state index contributed by atoms with van der Waals surface area (Å²) in [6, 6.07) is 21.3. The quantitative estimate of drug-likeness (QED) is 0.380. The molecule has 164 valence electrons. The molecule has 0 N–H and O–H groups in total. The Balaban J connectivity index is 1.33. The van der Waals surface area contributed by atoms with Crippen LogP contribution in [-0.4, -0.2) is 52.7 Å². The maximum Gasteiger partial charge on any atom is 0.162 e. The maximum absolute atomic E-state index is 4.81. The summed E-state index contributed by atoms with van der Waals surface area (Å²) in [5.74, 6) is 0. The highest BCUT2D eigenvalue weighted by Gasteiger charge is 2.15. The number of piperazine rings is 1. The Bertz CT molecular complexity index is 1450. The third kappa shape index (κ3) is 3.65. The Labute approximate surface area is 198 Å². The lowest BCUT2D eigenvalue weighted by Crippen LogP contribution is -2.44. The van der Waals surface area contributed by atoms with E-state index in [1.807, 2.05) is 29.0 Å². The van der Waals surface area contributed by atoms with Crippen LogP contribution in [0.4, 0.5) is 5.69 Å². The summed E-state index contributed by atoms with van der Waals surface area (Å²) in [4.78, 5) is 10.6. The summed E-state index contributed by atoms with van der Waals surface area (Å²) in [6.45, 7) is 4.36. The molecule has 0 unspecified atom stereocenters. The van der Waals surface area contributed by atoms with E-state index in [9.17, 15) is 0 Å². The molecule has 0 atom stereocenters. The van der Waals surface area contributed by atoms with E-state index in [2.05, 4.69) is 89.3 Å². The number of fused-ring (bicyclic) bond motifs is 2. The molecule has 0 saturated carbocycles. The molecule has 1 aliphatic heterocycles. The average molecular weight is 452 g/mol. The first-order valence-corrected chi connectivity index (χ1v) is 11.7. The Morgan fingerprint density at radius 2 is 1.52 bits per heavy atom. The van der Waals surface area contributed by atoms with Crippen molar-refractivity contribution >= 4 is 34.7 Å². The van der Waals surface area contributed by atoms with Crippen LogP contribution >= 0.6 is 12.6 Å². The van der Waals surface area contributed by atoms with Crippen molar-refractivity contribution in [3.05, 3.63) is 79.3 Å². The second-order valence-corrected chi connectivity index (χ2v) is 9.17. The number of benzene rings is 3. The largest absolute Gasteiger partial charge is 0.369 e. The third-order valence-corrected chi connectivity index (χ3v) is 7.01. The van der Waals surface area contributed by atoms with Gasteiger partial charge in [0.15, 0.2) is 5.65 Å². The highest BCUT2D eigenvalue weighted by Crippen LogP contribution is 2.34. The van der Waals surface area contributed by atoms with Crippen LogP contribution in [0.5, 0.6) is 0 Å². The van der Waals surface area contributed by atoms with Gasteiger partial charge >= 0.3 is 0 Å². The Morgan fingerprint density at radius 3 is 2.30 bits per heavy atom. The van der Waals surface area contributed by atoms with Crippen molar-refractivity contribution in [3.63, 3.8) is 0 Å². The van der Waals surface area contributed by atoms with Gasteiger partial charge in [0.2, 0.25) is 0 Å². The van der Waals surface area contributed by atoms with Gasteiger partial charge in [-0.25, -0.2) is 9.50 Å². The fraction of sp³-hybridized carbons (Fsp3) is 0.185. The summed E-state index contributed by atoms with van der Waals surface area (Å²) >= 11 is 4.63. The normalized spacial score (nSPS) is 14.9. The monoisotopic (exact) mass is 451 g/mol. The zero-order valence-corrected chi connectivity index (χ0v) is 19.4. The molecule has 0 amide bonds. The first kappa shape index (κ1) is 20.3. The van der Waals surface area contributed by atoms with Crippen molar-refractivity contribution in [1.82, 2.24) is 19.5 Å². The van der Waals surface area contributed by atoms with Gasteiger partial charge in [0.05, 0.1) is 6.20 Å². The molecular weight excluding hydrogens is 426 g/mol. The molecule has 5 nitrogen and oxygen atoms in total. The fourth-order valence-electron chi connectivity index (χ4n) is 4.66. The maximum atomic E-state index is 4.81. The predicted octanol–water partition coefficient (Wildman–Crippen LogP) is 5.26. The minimum atomic E-state index is 0.852. The molecule has 3 heterocycles. The van der Waals surface area contributed by atoms with Gasteiger partial charge in [-0.15, -0.1) is 12.6 Å². The molecule has 1 aliphatic rings. The van der Waals surface area contributed by atoms with Crippen molar-refractivity contribution in [2.24, 2.45) is 0 Å². The van der Waals surface area contributed by atoms with Crippen molar-refractivity contribution in [2.45, 2.75) is 4.90 Å². The molecule has 0 bridgehead atoms. The van der Waals surface area contributed by atoms with Gasteiger partial charge < -0.3 is 9.80 Å². The second-order valence-electron chi connectivity index (χ2n) is 8.68. The molecule has 0 radical (unpaired) electrons. The van der Waals surface area contributed by atoms with E-state index in [0.717, 1.165) is 69.7 Å². The zero-order chi connectivity index (χ0) is 22.4. The number of anilines is 1. The van der Waals surface area contributed by atoms with Crippen LogP contribution in [0.1, 0.15) is 0 Å². The Hall–Kier alpha value is -3.35. The lowest BCUT2D eigenvalue weighted by molar-refractivity contribution is 0.313. The number of hydrogen-bond donors (Lipinski definition) is 1. The van der Waals surface area contributed by atoms with Gasteiger partial charge in [0.1, 0.15) is 0 Å². The molecule has 2 aromatic heterocycles. The predicted molar refractivity (Wildman–Crippen MR) is 138 cm³/mol. The highest BCUT2D eigenvalue weighted by atomic mass is 32.1. The third-order valence-electron chi connectivity index (χ3n) is 6.62. The van der Waals surface area contributed by atoms with Gasteiger partial charge in [0, 0.05) is 60.3 Å². The van der Waals surface area contributed by atoms with Crippen LogP contribution in [0.3, 0.4) is 0 Å². The molecule has 1 saturated heterocycles. The number of rotatable bonds is 3. The minimum Gasteiger partial charge on any atom is -0.369 e.